The van der Waals surface area contributed by atoms with Gasteiger partial charge in [0.2, 0.25) is 0 Å². The van der Waals surface area contributed by atoms with Gasteiger partial charge in [-0.3, -0.25) is 0 Å². The molecule has 0 unspecified atom stereocenters. The van der Waals surface area contributed by atoms with Crippen molar-refractivity contribution < 1.29 is 9.53 Å². The Hall–Kier alpha value is -1.23. The minimum absolute atomic E-state index is 0.129. The number of alkyl halides is 1. The fourth-order valence-electron chi connectivity index (χ4n) is 1.36. The van der Waals surface area contributed by atoms with E-state index >= 15 is 0 Å². The van der Waals surface area contributed by atoms with E-state index in [1.807, 2.05) is 24.3 Å². The minimum atomic E-state index is -0.129. The number of methoxy groups -OCH3 is 1. The lowest BCUT2D eigenvalue weighted by Gasteiger charge is -2.18. The smallest absolute Gasteiger partial charge is 0.321 e. The van der Waals surface area contributed by atoms with E-state index in [0.29, 0.717) is 18.0 Å². The Labute approximate surface area is 110 Å². The number of para-hydroxylation sites is 2. The van der Waals surface area contributed by atoms with Crippen molar-refractivity contribution >= 4 is 27.6 Å². The fourth-order valence-corrected chi connectivity index (χ4v) is 1.61. The first-order valence-corrected chi connectivity index (χ1v) is 6.52. The van der Waals surface area contributed by atoms with Gasteiger partial charge in [-0.15, -0.1) is 0 Å². The third-order valence-corrected chi connectivity index (χ3v) is 2.88. The second-order valence-corrected chi connectivity index (χ2v) is 4.39. The van der Waals surface area contributed by atoms with E-state index in [2.05, 4.69) is 21.2 Å². The van der Waals surface area contributed by atoms with Crippen molar-refractivity contribution in [3.05, 3.63) is 24.3 Å². The Kier molecular flexibility index (Phi) is 5.83. The lowest BCUT2D eigenvalue weighted by Crippen LogP contribution is -2.32. The van der Waals surface area contributed by atoms with Gasteiger partial charge in [0.25, 0.3) is 0 Å². The molecule has 0 fully saturated rings. The highest BCUT2D eigenvalue weighted by molar-refractivity contribution is 9.09. The molecule has 94 valence electrons. The minimum Gasteiger partial charge on any atom is -0.495 e. The quantitative estimate of drug-likeness (QED) is 0.850. The predicted molar refractivity (Wildman–Crippen MR) is 73.1 cm³/mol. The summed E-state index contributed by atoms with van der Waals surface area (Å²) < 4.78 is 5.17. The van der Waals surface area contributed by atoms with Gasteiger partial charge in [0.15, 0.2) is 0 Å². The number of nitrogens with one attached hydrogen (secondary N) is 1. The maximum absolute atomic E-state index is 11.8. The monoisotopic (exact) mass is 300 g/mol. The van der Waals surface area contributed by atoms with Gasteiger partial charge in [0.05, 0.1) is 12.8 Å². The summed E-state index contributed by atoms with van der Waals surface area (Å²) in [5, 5.41) is 3.70. The molecule has 17 heavy (non-hydrogen) atoms. The molecule has 0 saturated heterocycles. The summed E-state index contributed by atoms with van der Waals surface area (Å²) in [6.07, 6.45) is 0.926. The van der Waals surface area contributed by atoms with Crippen LogP contribution in [-0.2, 0) is 0 Å². The first-order chi connectivity index (χ1) is 8.19. The predicted octanol–water partition coefficient (Wildman–Crippen LogP) is 2.94. The van der Waals surface area contributed by atoms with Crippen molar-refractivity contribution in [2.75, 3.05) is 31.3 Å². The zero-order chi connectivity index (χ0) is 12.7. The number of carbonyl (C=O) groups is 1. The third-order valence-electron chi connectivity index (χ3n) is 2.32. The molecule has 0 spiro atoms. The summed E-state index contributed by atoms with van der Waals surface area (Å²) >= 11 is 3.34. The van der Waals surface area contributed by atoms with Crippen LogP contribution in [0.4, 0.5) is 10.5 Å². The highest BCUT2D eigenvalue weighted by Gasteiger charge is 2.10. The van der Waals surface area contributed by atoms with Crippen LogP contribution in [0, 0.1) is 0 Å². The van der Waals surface area contributed by atoms with Crippen LogP contribution in [0.1, 0.15) is 6.42 Å². The summed E-state index contributed by atoms with van der Waals surface area (Å²) in [5.74, 6) is 0.662. The van der Waals surface area contributed by atoms with Gasteiger partial charge in [-0.1, -0.05) is 28.1 Å². The van der Waals surface area contributed by atoms with Crippen LogP contribution in [0.5, 0.6) is 5.75 Å². The number of carbonyl (C=O) groups excluding carboxylic acids is 1. The van der Waals surface area contributed by atoms with E-state index in [0.717, 1.165) is 11.8 Å². The molecule has 0 aliphatic rings. The van der Waals surface area contributed by atoms with E-state index in [1.54, 1.807) is 19.1 Å². The number of anilines is 1. The van der Waals surface area contributed by atoms with E-state index in [9.17, 15) is 4.79 Å². The van der Waals surface area contributed by atoms with E-state index < -0.39 is 0 Å². The Morgan fingerprint density at radius 2 is 2.18 bits per heavy atom. The van der Waals surface area contributed by atoms with Crippen LogP contribution in [0.25, 0.3) is 0 Å². The molecule has 0 aliphatic carbocycles. The highest BCUT2D eigenvalue weighted by Crippen LogP contribution is 2.23. The number of hydrogen-bond acceptors (Lipinski definition) is 2. The topological polar surface area (TPSA) is 41.6 Å². The molecule has 0 radical (unpaired) electrons. The van der Waals surface area contributed by atoms with Gasteiger partial charge in [-0.25, -0.2) is 4.79 Å². The van der Waals surface area contributed by atoms with Crippen molar-refractivity contribution in [1.29, 1.82) is 0 Å². The third kappa shape index (κ3) is 4.26. The molecular weight excluding hydrogens is 284 g/mol. The standard InChI is InChI=1S/C12H17BrN2O2/c1-15(9-5-8-13)12(16)14-10-6-3-4-7-11(10)17-2/h3-4,6-7H,5,8-9H2,1-2H3,(H,14,16). The maximum Gasteiger partial charge on any atom is 0.321 e. The number of ether oxygens (including phenoxy) is 1. The Morgan fingerprint density at radius 3 is 2.82 bits per heavy atom. The van der Waals surface area contributed by atoms with Gasteiger partial charge < -0.3 is 15.0 Å². The number of nitrogens with zero attached hydrogens (tertiary/aromatic N) is 1. The SMILES string of the molecule is COc1ccccc1NC(=O)N(C)CCCBr. The van der Waals surface area contributed by atoms with E-state index in [1.165, 1.54) is 0 Å². The molecule has 0 bridgehead atoms. The molecule has 0 aromatic heterocycles. The van der Waals surface area contributed by atoms with Crippen LogP contribution in [0.3, 0.4) is 0 Å². The molecule has 0 aliphatic heterocycles. The van der Waals surface area contributed by atoms with E-state index in [-0.39, 0.29) is 6.03 Å². The molecule has 0 saturated carbocycles. The van der Waals surface area contributed by atoms with Gasteiger partial charge in [-0.2, -0.15) is 0 Å². The summed E-state index contributed by atoms with van der Waals surface area (Å²) in [5.41, 5.74) is 0.686. The summed E-state index contributed by atoms with van der Waals surface area (Å²) in [4.78, 5) is 13.5. The van der Waals surface area contributed by atoms with E-state index in [4.69, 9.17) is 4.74 Å². The molecule has 2 amide bonds. The van der Waals surface area contributed by atoms with Crippen molar-refractivity contribution in [2.45, 2.75) is 6.42 Å². The zero-order valence-corrected chi connectivity index (χ0v) is 11.7. The first-order valence-electron chi connectivity index (χ1n) is 5.40. The van der Waals surface area contributed by atoms with Gasteiger partial charge >= 0.3 is 6.03 Å². The van der Waals surface area contributed by atoms with Gasteiger partial charge in [-0.05, 0) is 18.6 Å². The summed E-state index contributed by atoms with van der Waals surface area (Å²) in [6, 6.07) is 7.22. The number of hydrogen-bond donors (Lipinski definition) is 1. The highest BCUT2D eigenvalue weighted by atomic mass is 79.9. The molecule has 1 aromatic rings. The number of urea groups is 1. The van der Waals surface area contributed by atoms with Crippen LogP contribution in [0.15, 0.2) is 24.3 Å². The van der Waals surface area contributed by atoms with Crippen LogP contribution in [-0.4, -0.2) is 37.0 Å². The zero-order valence-electron chi connectivity index (χ0n) is 10.1. The molecule has 4 nitrogen and oxygen atoms in total. The lowest BCUT2D eigenvalue weighted by molar-refractivity contribution is 0.222. The van der Waals surface area contributed by atoms with Gasteiger partial charge in [0, 0.05) is 18.9 Å². The van der Waals surface area contributed by atoms with Crippen LogP contribution < -0.4 is 10.1 Å². The van der Waals surface area contributed by atoms with Crippen molar-refractivity contribution in [3.8, 4) is 5.75 Å². The van der Waals surface area contributed by atoms with Crippen molar-refractivity contribution in [1.82, 2.24) is 4.90 Å². The number of amides is 2. The van der Waals surface area contributed by atoms with Crippen LogP contribution >= 0.6 is 15.9 Å². The summed E-state index contributed by atoms with van der Waals surface area (Å²) in [6.45, 7) is 0.715. The Morgan fingerprint density at radius 1 is 1.47 bits per heavy atom. The second kappa shape index (κ2) is 7.17. The van der Waals surface area contributed by atoms with Crippen molar-refractivity contribution in [3.63, 3.8) is 0 Å². The Balaban J connectivity index is 2.61. The molecule has 1 aromatic carbocycles. The number of halogens is 1. The molecule has 1 rings (SSSR count). The van der Waals surface area contributed by atoms with Crippen molar-refractivity contribution in [2.24, 2.45) is 0 Å². The molecule has 0 atom stereocenters. The lowest BCUT2D eigenvalue weighted by atomic mass is 10.3. The normalized spacial score (nSPS) is 9.82. The second-order valence-electron chi connectivity index (χ2n) is 3.59. The molecule has 5 heteroatoms. The average Bonchev–Trinajstić information content (AvgIpc) is 2.36. The Bertz CT molecular complexity index is 371. The number of benzene rings is 1. The molecule has 0 heterocycles. The molecular formula is C12H17BrN2O2. The maximum atomic E-state index is 11.8. The average molecular weight is 301 g/mol. The summed E-state index contributed by atoms with van der Waals surface area (Å²) in [7, 11) is 3.35. The fraction of sp³-hybridized carbons (Fsp3) is 0.417. The largest absolute Gasteiger partial charge is 0.495 e. The number of rotatable bonds is 5. The van der Waals surface area contributed by atoms with Gasteiger partial charge in [0.1, 0.15) is 5.75 Å². The van der Waals surface area contributed by atoms with Crippen LogP contribution in [0.2, 0.25) is 0 Å². The molecule has 1 N–H and O–H groups in total. The first kappa shape index (κ1) is 13.8.